The summed E-state index contributed by atoms with van der Waals surface area (Å²) in [6, 6.07) is 15.9. The van der Waals surface area contributed by atoms with Gasteiger partial charge in [-0.1, -0.05) is 54.6 Å². The molecule has 0 saturated heterocycles. The first kappa shape index (κ1) is 17.7. The molecule has 24 heavy (non-hydrogen) atoms. The number of rotatable bonds is 5. The Morgan fingerprint density at radius 3 is 2.04 bits per heavy atom. The van der Waals surface area contributed by atoms with Gasteiger partial charge >= 0.3 is 6.16 Å². The van der Waals surface area contributed by atoms with Crippen molar-refractivity contribution in [2.24, 2.45) is 0 Å². The van der Waals surface area contributed by atoms with Gasteiger partial charge in [-0.25, -0.2) is 4.79 Å². The van der Waals surface area contributed by atoms with E-state index in [9.17, 15) is 9.59 Å². The lowest BCUT2D eigenvalue weighted by Gasteiger charge is -2.16. The summed E-state index contributed by atoms with van der Waals surface area (Å²) in [6.45, 7) is 5.29. The van der Waals surface area contributed by atoms with E-state index in [1.54, 1.807) is 57.2 Å². The third kappa shape index (κ3) is 5.52. The summed E-state index contributed by atoms with van der Waals surface area (Å²) in [7, 11) is 0. The Bertz CT molecular complexity index is 684. The van der Waals surface area contributed by atoms with Gasteiger partial charge in [-0.15, -0.1) is 0 Å². The Labute approximate surface area is 141 Å². The number of hydrogen-bond acceptors (Lipinski definition) is 5. The van der Waals surface area contributed by atoms with Crippen LogP contribution in [0.5, 0.6) is 0 Å². The number of hydrogen-bond donors (Lipinski definition) is 0. The van der Waals surface area contributed by atoms with Gasteiger partial charge in [0.15, 0.2) is 5.78 Å². The SMILES string of the molecule is CC(C)(C)OOC(=O)OCc1ccc(C(=O)c2ccccc2)cc1. The Hall–Kier alpha value is -2.66. The molecule has 126 valence electrons. The minimum atomic E-state index is -0.908. The lowest BCUT2D eigenvalue weighted by molar-refractivity contribution is -0.312. The molecule has 0 aromatic heterocycles. The molecule has 0 bridgehead atoms. The van der Waals surface area contributed by atoms with Crippen LogP contribution in [0.3, 0.4) is 0 Å². The molecule has 2 aromatic carbocycles. The first-order valence-corrected chi connectivity index (χ1v) is 7.56. The molecule has 2 aromatic rings. The van der Waals surface area contributed by atoms with E-state index >= 15 is 0 Å². The average molecular weight is 328 g/mol. The van der Waals surface area contributed by atoms with Crippen LogP contribution < -0.4 is 0 Å². The number of carbonyl (C=O) groups is 2. The molecule has 0 radical (unpaired) electrons. The van der Waals surface area contributed by atoms with Gasteiger partial charge in [0.05, 0.1) is 0 Å². The molecule has 0 aliphatic rings. The first-order chi connectivity index (χ1) is 11.3. The number of ether oxygens (including phenoxy) is 1. The topological polar surface area (TPSA) is 61.8 Å². The highest BCUT2D eigenvalue weighted by atomic mass is 17.2. The second-order valence-corrected chi connectivity index (χ2v) is 6.21. The predicted octanol–water partition coefficient (Wildman–Crippen LogP) is 4.30. The Kier molecular flexibility index (Phi) is 5.71. The second kappa shape index (κ2) is 7.75. The normalized spacial score (nSPS) is 11.0. The molecule has 0 heterocycles. The van der Waals surface area contributed by atoms with Crippen LogP contribution in [-0.4, -0.2) is 17.5 Å². The fourth-order valence-electron chi connectivity index (χ4n) is 1.83. The fourth-order valence-corrected chi connectivity index (χ4v) is 1.83. The predicted molar refractivity (Wildman–Crippen MR) is 88.4 cm³/mol. The Balaban J connectivity index is 1.88. The molecule has 0 unspecified atom stereocenters. The van der Waals surface area contributed by atoms with E-state index < -0.39 is 11.8 Å². The quantitative estimate of drug-likeness (QED) is 0.354. The van der Waals surface area contributed by atoms with E-state index in [4.69, 9.17) is 9.62 Å². The highest BCUT2D eigenvalue weighted by Gasteiger charge is 2.16. The van der Waals surface area contributed by atoms with E-state index in [2.05, 4.69) is 4.89 Å². The molecule has 0 atom stereocenters. The van der Waals surface area contributed by atoms with Crippen LogP contribution in [0.1, 0.15) is 42.3 Å². The Morgan fingerprint density at radius 1 is 0.875 bits per heavy atom. The second-order valence-electron chi connectivity index (χ2n) is 6.21. The minimum absolute atomic E-state index is 0.0339. The molecule has 0 spiro atoms. The van der Waals surface area contributed by atoms with Crippen LogP contribution in [0.4, 0.5) is 4.79 Å². The molecule has 0 saturated carbocycles. The van der Waals surface area contributed by atoms with E-state index in [0.29, 0.717) is 11.1 Å². The number of ketones is 1. The van der Waals surface area contributed by atoms with Crippen molar-refractivity contribution in [3.8, 4) is 0 Å². The van der Waals surface area contributed by atoms with Crippen LogP contribution >= 0.6 is 0 Å². The van der Waals surface area contributed by atoms with Crippen molar-refractivity contribution >= 4 is 11.9 Å². The maximum absolute atomic E-state index is 12.3. The molecule has 0 N–H and O–H groups in total. The minimum Gasteiger partial charge on any atom is -0.427 e. The molecule has 0 aliphatic carbocycles. The van der Waals surface area contributed by atoms with E-state index in [1.807, 2.05) is 18.2 Å². The molecule has 5 nitrogen and oxygen atoms in total. The molecule has 0 fully saturated rings. The zero-order valence-corrected chi connectivity index (χ0v) is 13.9. The molecular weight excluding hydrogens is 308 g/mol. The lowest BCUT2D eigenvalue weighted by Crippen LogP contribution is -2.22. The number of benzene rings is 2. The highest BCUT2D eigenvalue weighted by Crippen LogP contribution is 2.12. The summed E-state index contributed by atoms with van der Waals surface area (Å²) in [5.74, 6) is -0.0546. The van der Waals surface area contributed by atoms with Crippen LogP contribution in [0, 0.1) is 0 Å². The van der Waals surface area contributed by atoms with E-state index in [0.717, 1.165) is 5.56 Å². The van der Waals surface area contributed by atoms with Crippen molar-refractivity contribution in [1.29, 1.82) is 0 Å². The van der Waals surface area contributed by atoms with Crippen molar-refractivity contribution in [2.45, 2.75) is 33.0 Å². The van der Waals surface area contributed by atoms with Gasteiger partial charge in [-0.05, 0) is 26.3 Å². The molecular formula is C19H20O5. The van der Waals surface area contributed by atoms with Gasteiger partial charge in [-0.2, -0.15) is 4.89 Å². The highest BCUT2D eigenvalue weighted by molar-refractivity contribution is 6.08. The average Bonchev–Trinajstić information content (AvgIpc) is 2.58. The molecule has 5 heteroatoms. The standard InChI is InChI=1S/C19H20O5/c1-19(2,3)24-23-18(21)22-13-14-9-11-16(12-10-14)17(20)15-7-5-4-6-8-15/h4-12H,13H2,1-3H3. The Morgan fingerprint density at radius 2 is 1.46 bits per heavy atom. The van der Waals surface area contributed by atoms with Gasteiger partial charge in [0.1, 0.15) is 12.2 Å². The molecule has 0 amide bonds. The molecule has 0 aliphatic heterocycles. The van der Waals surface area contributed by atoms with Crippen molar-refractivity contribution in [1.82, 2.24) is 0 Å². The van der Waals surface area contributed by atoms with E-state index in [-0.39, 0.29) is 12.4 Å². The lowest BCUT2D eigenvalue weighted by atomic mass is 10.0. The van der Waals surface area contributed by atoms with Gasteiger partial charge in [0.2, 0.25) is 0 Å². The van der Waals surface area contributed by atoms with Crippen molar-refractivity contribution in [2.75, 3.05) is 0 Å². The van der Waals surface area contributed by atoms with Gasteiger partial charge < -0.3 is 4.74 Å². The summed E-state index contributed by atoms with van der Waals surface area (Å²) in [5.41, 5.74) is 1.35. The summed E-state index contributed by atoms with van der Waals surface area (Å²) >= 11 is 0. The van der Waals surface area contributed by atoms with Gasteiger partial charge in [0, 0.05) is 11.1 Å². The largest absolute Gasteiger partial charge is 0.540 e. The third-order valence-electron chi connectivity index (χ3n) is 2.97. The monoisotopic (exact) mass is 328 g/mol. The smallest absolute Gasteiger partial charge is 0.427 e. The summed E-state index contributed by atoms with van der Waals surface area (Å²) in [5, 5.41) is 0. The van der Waals surface area contributed by atoms with Crippen molar-refractivity contribution in [3.05, 3.63) is 71.3 Å². The number of carbonyl (C=O) groups excluding carboxylic acids is 2. The van der Waals surface area contributed by atoms with Crippen LogP contribution in [0.2, 0.25) is 0 Å². The van der Waals surface area contributed by atoms with Crippen LogP contribution in [0.15, 0.2) is 54.6 Å². The third-order valence-corrected chi connectivity index (χ3v) is 2.97. The zero-order valence-electron chi connectivity index (χ0n) is 13.9. The van der Waals surface area contributed by atoms with Crippen molar-refractivity contribution in [3.63, 3.8) is 0 Å². The van der Waals surface area contributed by atoms with Crippen LogP contribution in [-0.2, 0) is 21.1 Å². The maximum atomic E-state index is 12.3. The van der Waals surface area contributed by atoms with Gasteiger partial charge in [0.25, 0.3) is 0 Å². The maximum Gasteiger partial charge on any atom is 0.540 e. The summed E-state index contributed by atoms with van der Waals surface area (Å²) in [4.78, 5) is 33.1. The van der Waals surface area contributed by atoms with Crippen molar-refractivity contribution < 1.29 is 24.1 Å². The summed E-state index contributed by atoms with van der Waals surface area (Å²) < 4.78 is 4.94. The molecule has 2 rings (SSSR count). The van der Waals surface area contributed by atoms with E-state index in [1.165, 1.54) is 0 Å². The van der Waals surface area contributed by atoms with Crippen LogP contribution in [0.25, 0.3) is 0 Å². The first-order valence-electron chi connectivity index (χ1n) is 7.56. The van der Waals surface area contributed by atoms with Gasteiger partial charge in [-0.3, -0.25) is 9.68 Å². The summed E-state index contributed by atoms with van der Waals surface area (Å²) in [6.07, 6.45) is -0.908. The fraction of sp³-hybridized carbons (Fsp3) is 0.263. The zero-order chi connectivity index (χ0) is 17.6.